The van der Waals surface area contributed by atoms with Crippen LogP contribution in [0.1, 0.15) is 31.4 Å². The lowest BCUT2D eigenvalue weighted by Gasteiger charge is -2.28. The number of carbonyl (C=O) groups is 2. The van der Waals surface area contributed by atoms with Crippen molar-refractivity contribution in [2.75, 3.05) is 25.1 Å². The maximum atomic E-state index is 13.5. The van der Waals surface area contributed by atoms with Crippen molar-refractivity contribution in [3.63, 3.8) is 0 Å². The number of hydrogen-bond acceptors (Lipinski definition) is 4. The van der Waals surface area contributed by atoms with Crippen LogP contribution in [0.5, 0.6) is 0 Å². The van der Waals surface area contributed by atoms with Gasteiger partial charge >= 0.3 is 0 Å². The van der Waals surface area contributed by atoms with Gasteiger partial charge in [0.05, 0.1) is 23.5 Å². The summed E-state index contributed by atoms with van der Waals surface area (Å²) in [4.78, 5) is 28.0. The zero-order valence-electron chi connectivity index (χ0n) is 15.2. The van der Waals surface area contributed by atoms with E-state index in [0.29, 0.717) is 12.0 Å². The third-order valence-corrected chi connectivity index (χ3v) is 7.26. The monoisotopic (exact) mass is 400 g/mol. The summed E-state index contributed by atoms with van der Waals surface area (Å²) in [5.74, 6) is -2.99. The quantitative estimate of drug-likeness (QED) is 0.768. The van der Waals surface area contributed by atoms with Gasteiger partial charge in [-0.2, -0.15) is 0 Å². The molecule has 0 radical (unpaired) electrons. The number of hydrogen-bond donors (Lipinski definition) is 0. The number of amides is 2. The molecule has 0 unspecified atom stereocenters. The molecule has 2 fully saturated rings. The molecule has 1 aromatic rings. The number of likely N-dealkylation sites (tertiary alicyclic amines) is 1. The molecule has 0 bridgehead atoms. The van der Waals surface area contributed by atoms with Crippen LogP contribution in [0.2, 0.25) is 0 Å². The summed E-state index contributed by atoms with van der Waals surface area (Å²) < 4.78 is 49.9. The Kier molecular flexibility index (Phi) is 5.24. The molecule has 0 spiro atoms. The van der Waals surface area contributed by atoms with E-state index >= 15 is 0 Å². The zero-order valence-corrected chi connectivity index (χ0v) is 16.0. The van der Waals surface area contributed by atoms with Gasteiger partial charge in [0.15, 0.2) is 21.5 Å². The van der Waals surface area contributed by atoms with E-state index in [1.54, 1.807) is 14.0 Å². The van der Waals surface area contributed by atoms with Crippen molar-refractivity contribution in [3.05, 3.63) is 35.4 Å². The fourth-order valence-corrected chi connectivity index (χ4v) is 5.48. The van der Waals surface area contributed by atoms with Gasteiger partial charge in [-0.05, 0) is 31.0 Å². The van der Waals surface area contributed by atoms with Crippen molar-refractivity contribution in [2.45, 2.75) is 31.8 Å². The summed E-state index contributed by atoms with van der Waals surface area (Å²) in [5, 5.41) is 0. The first kappa shape index (κ1) is 19.7. The fraction of sp³-hybridized carbons (Fsp3) is 0.556. The molecule has 0 aliphatic carbocycles. The molecule has 0 aromatic heterocycles. The number of rotatable bonds is 4. The number of halogens is 2. The third-order valence-electron chi connectivity index (χ3n) is 5.51. The molecule has 9 heteroatoms. The van der Waals surface area contributed by atoms with Gasteiger partial charge in [-0.15, -0.1) is 0 Å². The summed E-state index contributed by atoms with van der Waals surface area (Å²) in [6, 6.07) is 2.63. The second-order valence-electron chi connectivity index (χ2n) is 7.30. The standard InChI is InChI=1S/C18H22F2N2O4S/c1-11(12-3-4-15(19)16(20)7-12)21(2)18(24)13-8-17(23)22(9-13)14-5-6-27(25,26)10-14/h3-4,7,11,13-14H,5-6,8-10H2,1-2H3/t11-,13+,14+/m1/s1. The van der Waals surface area contributed by atoms with Crippen LogP contribution in [-0.4, -0.2) is 61.2 Å². The summed E-state index contributed by atoms with van der Waals surface area (Å²) in [7, 11) is -1.57. The van der Waals surface area contributed by atoms with Crippen LogP contribution in [0, 0.1) is 17.6 Å². The number of nitrogens with zero attached hydrogens (tertiary/aromatic N) is 2. The molecular formula is C18H22F2N2O4S. The molecule has 148 valence electrons. The molecule has 0 saturated carbocycles. The van der Waals surface area contributed by atoms with Crippen molar-refractivity contribution in [1.82, 2.24) is 9.80 Å². The van der Waals surface area contributed by atoms with E-state index in [0.717, 1.165) is 12.1 Å². The molecule has 2 amide bonds. The Bertz CT molecular complexity index is 874. The average molecular weight is 400 g/mol. The lowest BCUT2D eigenvalue weighted by molar-refractivity contribution is -0.136. The van der Waals surface area contributed by atoms with Crippen molar-refractivity contribution < 1.29 is 26.8 Å². The van der Waals surface area contributed by atoms with Gasteiger partial charge in [-0.3, -0.25) is 9.59 Å². The van der Waals surface area contributed by atoms with E-state index in [4.69, 9.17) is 0 Å². The highest BCUT2D eigenvalue weighted by molar-refractivity contribution is 7.91. The molecular weight excluding hydrogens is 378 g/mol. The Morgan fingerprint density at radius 2 is 2.00 bits per heavy atom. The molecule has 6 nitrogen and oxygen atoms in total. The Morgan fingerprint density at radius 3 is 2.59 bits per heavy atom. The van der Waals surface area contributed by atoms with Crippen molar-refractivity contribution in [2.24, 2.45) is 5.92 Å². The van der Waals surface area contributed by atoms with Crippen LogP contribution >= 0.6 is 0 Å². The van der Waals surface area contributed by atoms with Gasteiger partial charge in [-0.25, -0.2) is 17.2 Å². The lowest BCUT2D eigenvalue weighted by atomic mass is 10.0. The lowest BCUT2D eigenvalue weighted by Crippen LogP contribution is -2.40. The third kappa shape index (κ3) is 3.97. The first-order valence-electron chi connectivity index (χ1n) is 8.80. The molecule has 2 heterocycles. The van der Waals surface area contributed by atoms with E-state index in [-0.39, 0.29) is 42.3 Å². The van der Waals surface area contributed by atoms with E-state index in [2.05, 4.69) is 0 Å². The van der Waals surface area contributed by atoms with Gasteiger partial charge < -0.3 is 9.80 Å². The molecule has 2 aliphatic rings. The Labute approximate surface area is 157 Å². The maximum Gasteiger partial charge on any atom is 0.228 e. The zero-order chi connectivity index (χ0) is 19.9. The second kappa shape index (κ2) is 7.18. The van der Waals surface area contributed by atoms with Crippen molar-refractivity contribution in [1.29, 1.82) is 0 Å². The smallest absolute Gasteiger partial charge is 0.228 e. The topological polar surface area (TPSA) is 74.8 Å². The van der Waals surface area contributed by atoms with E-state index < -0.39 is 33.4 Å². The molecule has 27 heavy (non-hydrogen) atoms. The van der Waals surface area contributed by atoms with Crippen molar-refractivity contribution in [3.8, 4) is 0 Å². The van der Waals surface area contributed by atoms with Crippen LogP contribution in [0.3, 0.4) is 0 Å². The Balaban J connectivity index is 1.68. The summed E-state index contributed by atoms with van der Waals surface area (Å²) in [6.07, 6.45) is 0.431. The van der Waals surface area contributed by atoms with Gasteiger partial charge in [0.2, 0.25) is 11.8 Å². The molecule has 2 saturated heterocycles. The first-order valence-corrected chi connectivity index (χ1v) is 10.6. The van der Waals surface area contributed by atoms with Crippen LogP contribution in [0.15, 0.2) is 18.2 Å². The predicted octanol–water partition coefficient (Wildman–Crippen LogP) is 1.52. The van der Waals surface area contributed by atoms with Crippen LogP contribution in [0.4, 0.5) is 8.78 Å². The van der Waals surface area contributed by atoms with E-state index in [1.165, 1.54) is 15.9 Å². The number of sulfone groups is 1. The SMILES string of the molecule is C[C@H](c1ccc(F)c(F)c1)N(C)C(=O)[C@H]1CC(=O)N([C@H]2CCS(=O)(=O)C2)C1. The minimum absolute atomic E-state index is 0.0320. The van der Waals surface area contributed by atoms with E-state index in [9.17, 15) is 26.8 Å². The largest absolute Gasteiger partial charge is 0.339 e. The predicted molar refractivity (Wildman–Crippen MR) is 94.4 cm³/mol. The Hall–Kier alpha value is -2.03. The highest BCUT2D eigenvalue weighted by Gasteiger charge is 2.43. The number of carbonyl (C=O) groups excluding carboxylic acids is 2. The highest BCUT2D eigenvalue weighted by atomic mass is 32.2. The van der Waals surface area contributed by atoms with Gasteiger partial charge in [0.1, 0.15) is 0 Å². The second-order valence-corrected chi connectivity index (χ2v) is 9.53. The Morgan fingerprint density at radius 1 is 1.30 bits per heavy atom. The molecule has 2 aliphatic heterocycles. The molecule has 1 aromatic carbocycles. The van der Waals surface area contributed by atoms with Crippen LogP contribution in [0.25, 0.3) is 0 Å². The van der Waals surface area contributed by atoms with Gasteiger partial charge in [-0.1, -0.05) is 6.07 Å². The highest BCUT2D eigenvalue weighted by Crippen LogP contribution is 2.29. The summed E-state index contributed by atoms with van der Waals surface area (Å²) in [5.41, 5.74) is 0.452. The molecule has 0 N–H and O–H groups in total. The van der Waals surface area contributed by atoms with Gasteiger partial charge in [0.25, 0.3) is 0 Å². The summed E-state index contributed by atoms with van der Waals surface area (Å²) >= 11 is 0. The molecule has 3 atom stereocenters. The minimum Gasteiger partial charge on any atom is -0.339 e. The normalized spacial score (nSPS) is 25.6. The van der Waals surface area contributed by atoms with Gasteiger partial charge in [0, 0.05) is 26.1 Å². The van der Waals surface area contributed by atoms with Crippen LogP contribution in [-0.2, 0) is 19.4 Å². The number of benzene rings is 1. The maximum absolute atomic E-state index is 13.5. The fourth-order valence-electron chi connectivity index (χ4n) is 3.75. The van der Waals surface area contributed by atoms with Crippen molar-refractivity contribution >= 4 is 21.7 Å². The van der Waals surface area contributed by atoms with E-state index in [1.807, 2.05) is 0 Å². The average Bonchev–Trinajstić information content (AvgIpc) is 3.17. The molecule has 3 rings (SSSR count). The van der Waals surface area contributed by atoms with Crippen LogP contribution < -0.4 is 0 Å². The minimum atomic E-state index is -3.12. The first-order chi connectivity index (χ1) is 12.6. The summed E-state index contributed by atoms with van der Waals surface area (Å²) in [6.45, 7) is 1.88.